The molecule has 0 radical (unpaired) electrons. The number of fused-ring (bicyclic) bond motifs is 1. The molecule has 2 aromatic heterocycles. The molecule has 5 rings (SSSR count). The highest BCUT2D eigenvalue weighted by Crippen LogP contribution is 2.37. The average molecular weight is 504 g/mol. The van der Waals surface area contributed by atoms with Crippen LogP contribution in [0.15, 0.2) is 43.1 Å². The van der Waals surface area contributed by atoms with Crippen LogP contribution in [0.3, 0.4) is 0 Å². The van der Waals surface area contributed by atoms with Crippen LogP contribution in [-0.4, -0.2) is 56.7 Å². The van der Waals surface area contributed by atoms with Gasteiger partial charge in [-0.25, -0.2) is 14.1 Å². The Labute approximate surface area is 212 Å². The molecule has 1 saturated carbocycles. The van der Waals surface area contributed by atoms with Crippen molar-refractivity contribution in [2.45, 2.75) is 31.3 Å². The van der Waals surface area contributed by atoms with Crippen LogP contribution < -0.4 is 11.1 Å². The number of benzene rings is 1. The molecule has 10 nitrogen and oxygen atoms in total. The van der Waals surface area contributed by atoms with Gasteiger partial charge in [0.05, 0.1) is 41.8 Å². The van der Waals surface area contributed by atoms with E-state index < -0.39 is 11.7 Å². The quantitative estimate of drug-likeness (QED) is 0.303. The molecule has 3 aromatic rings. The van der Waals surface area contributed by atoms with Crippen LogP contribution in [0.5, 0.6) is 0 Å². The third-order valence-corrected chi connectivity index (χ3v) is 6.54. The molecule has 1 aliphatic carbocycles. The second kappa shape index (κ2) is 9.46. The van der Waals surface area contributed by atoms with E-state index in [1.807, 2.05) is 4.57 Å². The Bertz CT molecular complexity index is 1520. The van der Waals surface area contributed by atoms with Gasteiger partial charge in [-0.05, 0) is 30.9 Å². The van der Waals surface area contributed by atoms with Crippen molar-refractivity contribution in [2.24, 2.45) is 5.73 Å². The number of ether oxygens (including phenoxy) is 1. The maximum atomic E-state index is 14.8. The van der Waals surface area contributed by atoms with E-state index in [9.17, 15) is 14.0 Å². The Kier molecular flexibility index (Phi) is 6.17. The number of imidazole rings is 1. The third kappa shape index (κ3) is 4.31. The molecule has 3 heterocycles. The fourth-order valence-electron chi connectivity index (χ4n) is 4.67. The van der Waals surface area contributed by atoms with Crippen molar-refractivity contribution >= 4 is 28.7 Å². The minimum atomic E-state index is -0.729. The number of methoxy groups -OCH3 is 1. The predicted octanol–water partition coefficient (Wildman–Crippen LogP) is 2.69. The molecule has 1 aromatic carbocycles. The molecule has 1 saturated heterocycles. The molecule has 0 bridgehead atoms. The van der Waals surface area contributed by atoms with Gasteiger partial charge in [-0.15, -0.1) is 0 Å². The summed E-state index contributed by atoms with van der Waals surface area (Å²) in [5.74, 6) is 4.50. The number of carbonyl (C=O) groups excluding carboxylic acids is 2. The summed E-state index contributed by atoms with van der Waals surface area (Å²) in [6, 6.07) is 3.07. The highest BCUT2D eigenvalue weighted by molar-refractivity contribution is 6.00. The first-order chi connectivity index (χ1) is 17.9. The van der Waals surface area contributed by atoms with E-state index in [1.54, 1.807) is 24.1 Å². The minimum Gasteiger partial charge on any atom is -0.503 e. The van der Waals surface area contributed by atoms with Crippen molar-refractivity contribution in [3.05, 3.63) is 65.7 Å². The lowest BCUT2D eigenvalue weighted by Crippen LogP contribution is -2.27. The molecule has 2 amide bonds. The summed E-state index contributed by atoms with van der Waals surface area (Å²) >= 11 is 0. The Morgan fingerprint density at radius 3 is 2.73 bits per heavy atom. The lowest BCUT2D eigenvalue weighted by Gasteiger charge is -2.16. The molecular weight excluding hydrogens is 477 g/mol. The first-order valence-corrected chi connectivity index (χ1v) is 11.8. The third-order valence-electron chi connectivity index (χ3n) is 6.54. The molecule has 0 spiro atoms. The zero-order valence-electron chi connectivity index (χ0n) is 20.5. The van der Waals surface area contributed by atoms with E-state index in [0.717, 1.165) is 18.4 Å². The van der Waals surface area contributed by atoms with E-state index in [-0.39, 0.29) is 35.3 Å². The molecule has 3 N–H and O–H groups in total. The van der Waals surface area contributed by atoms with Crippen LogP contribution in [0.25, 0.3) is 11.0 Å². The molecule has 0 unspecified atom stereocenters. The van der Waals surface area contributed by atoms with E-state index in [2.05, 4.69) is 33.8 Å². The molecule has 2 aliphatic rings. The number of rotatable bonds is 6. The number of likely N-dealkylation sites (tertiary alicyclic amines) is 1. The molecule has 2 fully saturated rings. The summed E-state index contributed by atoms with van der Waals surface area (Å²) in [5, 5.41) is 7.54. The molecule has 11 heteroatoms. The topological polar surface area (TPSA) is 120 Å². The monoisotopic (exact) mass is 503 g/mol. The number of carbonyl (C=O) groups is 2. The number of nitrogens with one attached hydrogen (secondary N) is 1. The van der Waals surface area contributed by atoms with Crippen molar-refractivity contribution < 1.29 is 18.7 Å². The predicted molar refractivity (Wildman–Crippen MR) is 135 cm³/mol. The minimum absolute atomic E-state index is 0.0882. The maximum absolute atomic E-state index is 14.8. The van der Waals surface area contributed by atoms with Gasteiger partial charge in [0.25, 0.3) is 5.91 Å². The van der Waals surface area contributed by atoms with Gasteiger partial charge in [-0.1, -0.05) is 12.5 Å². The van der Waals surface area contributed by atoms with Crippen LogP contribution >= 0.6 is 0 Å². The second-order valence-corrected chi connectivity index (χ2v) is 8.94. The van der Waals surface area contributed by atoms with Gasteiger partial charge in [-0.3, -0.25) is 9.59 Å². The number of nitrogens with zero attached hydrogens (tertiary/aromatic N) is 5. The van der Waals surface area contributed by atoms with Gasteiger partial charge in [0, 0.05) is 32.1 Å². The van der Waals surface area contributed by atoms with E-state index in [0.29, 0.717) is 29.5 Å². The summed E-state index contributed by atoms with van der Waals surface area (Å²) in [7, 11) is 3.13. The summed E-state index contributed by atoms with van der Waals surface area (Å²) in [6.45, 7) is 3.83. The van der Waals surface area contributed by atoms with E-state index >= 15 is 0 Å². The molecule has 1 atom stereocenters. The smallest absolute Gasteiger partial charge is 0.255 e. The number of aromatic nitrogens is 4. The zero-order valence-corrected chi connectivity index (χ0v) is 20.5. The number of amides is 2. The highest BCUT2D eigenvalue weighted by Gasteiger charge is 2.35. The van der Waals surface area contributed by atoms with Gasteiger partial charge < -0.3 is 25.3 Å². The normalized spacial score (nSPS) is 18.1. The summed E-state index contributed by atoms with van der Waals surface area (Å²) in [4.78, 5) is 30.6. The highest BCUT2D eigenvalue weighted by atomic mass is 19.1. The number of hydrogen-bond donors (Lipinski definition) is 2. The Morgan fingerprint density at radius 2 is 2.08 bits per heavy atom. The van der Waals surface area contributed by atoms with Crippen LogP contribution in [0.4, 0.5) is 10.2 Å². The lowest BCUT2D eigenvalue weighted by atomic mass is 10.1. The van der Waals surface area contributed by atoms with Crippen LogP contribution in [0.1, 0.15) is 53.0 Å². The molecular formula is C26H26FN7O3. The summed E-state index contributed by atoms with van der Waals surface area (Å²) in [6.07, 6.45) is 6.97. The number of allylic oxidation sites excluding steroid dienone is 1. The largest absolute Gasteiger partial charge is 0.503 e. The van der Waals surface area contributed by atoms with Crippen molar-refractivity contribution in [1.29, 1.82) is 0 Å². The number of anilines is 1. The Balaban J connectivity index is 1.55. The Hall–Kier alpha value is -4.59. The molecule has 190 valence electrons. The van der Waals surface area contributed by atoms with Crippen LogP contribution in [0, 0.1) is 17.7 Å². The summed E-state index contributed by atoms with van der Waals surface area (Å²) < 4.78 is 23.6. The van der Waals surface area contributed by atoms with E-state index in [4.69, 9.17) is 10.5 Å². The molecule has 37 heavy (non-hydrogen) atoms. The van der Waals surface area contributed by atoms with Crippen molar-refractivity contribution in [2.75, 3.05) is 26.0 Å². The first-order valence-electron chi connectivity index (χ1n) is 11.8. The van der Waals surface area contributed by atoms with Crippen molar-refractivity contribution in [1.82, 2.24) is 24.2 Å². The number of hydrogen-bond acceptors (Lipinski definition) is 6. The number of primary amides is 1. The average Bonchev–Trinajstić information content (AvgIpc) is 3.33. The van der Waals surface area contributed by atoms with Gasteiger partial charge in [0.1, 0.15) is 23.5 Å². The standard InChI is InChI=1S/C26H26FN7O3/c1-4-23(35)32-12-17(10-18(32)13-37-3)34-26(29-2)24(25(28)36)20(31-34)8-5-15-9-22-21(11-19(15)27)30-14-33(22)16-6-7-16/h4,9,11,13-14,16-17,29H,1,6-7,10,12H2,2-3H3,(H2,28,36)/b18-13+/t17-/m0/s1. The van der Waals surface area contributed by atoms with Gasteiger partial charge in [-0.2, -0.15) is 5.10 Å². The number of nitrogens with two attached hydrogens (primary N) is 1. The van der Waals surface area contributed by atoms with Gasteiger partial charge >= 0.3 is 0 Å². The van der Waals surface area contributed by atoms with Crippen molar-refractivity contribution in [3.63, 3.8) is 0 Å². The summed E-state index contributed by atoms with van der Waals surface area (Å²) in [5.41, 5.74) is 8.08. The fraction of sp³-hybridized carbons (Fsp3) is 0.308. The molecule has 1 aliphatic heterocycles. The Morgan fingerprint density at radius 1 is 1.30 bits per heavy atom. The van der Waals surface area contributed by atoms with Gasteiger partial charge in [0.2, 0.25) is 5.91 Å². The van der Waals surface area contributed by atoms with Crippen molar-refractivity contribution in [3.8, 4) is 11.8 Å². The lowest BCUT2D eigenvalue weighted by molar-refractivity contribution is -0.123. The first kappa shape index (κ1) is 24.1. The maximum Gasteiger partial charge on any atom is 0.255 e. The zero-order chi connectivity index (χ0) is 26.3. The fourth-order valence-corrected chi connectivity index (χ4v) is 4.67. The van der Waals surface area contributed by atoms with Gasteiger partial charge in [0.15, 0.2) is 5.69 Å². The van der Waals surface area contributed by atoms with Crippen LogP contribution in [-0.2, 0) is 9.53 Å². The second-order valence-electron chi connectivity index (χ2n) is 8.94. The van der Waals surface area contributed by atoms with Crippen LogP contribution in [0.2, 0.25) is 0 Å². The SMILES string of the molecule is C=CC(=O)N1C[C@@H](n2nc(C#Cc3cc4c(cc3F)ncn4C3CC3)c(C(N)=O)c2NC)C/C1=C\OC. The number of halogens is 1. The van der Waals surface area contributed by atoms with E-state index in [1.165, 1.54) is 30.4 Å².